The zero-order chi connectivity index (χ0) is 25.8. The first-order valence-electron chi connectivity index (χ1n) is 13.7. The van der Waals surface area contributed by atoms with E-state index in [-0.39, 0.29) is 47.1 Å². The van der Waals surface area contributed by atoms with E-state index in [0.717, 1.165) is 32.1 Å². The first kappa shape index (κ1) is 24.6. The molecule has 1 N–H and O–H groups in total. The van der Waals surface area contributed by atoms with Gasteiger partial charge in [0.15, 0.2) is 0 Å². The standard InChI is InChI=1S/C27H35ClN2O6S/c1-2-25(32)13-22-26(16-25)10-9-21(26)29(22)24(31)36-27(11-12-27)23-15-35-14-20(17-3-4-17)30(23)37(33,34)19-7-5-18(28)6-8-19/h5-8,17,20-23,32H,2-4,9-16H2,1H3/t20-,21?,22?,23+,25?,26?/m0/s1. The summed E-state index contributed by atoms with van der Waals surface area (Å²) in [6.07, 6.45) is 6.83. The minimum absolute atomic E-state index is 0.00946. The van der Waals surface area contributed by atoms with Gasteiger partial charge in [-0.15, -0.1) is 0 Å². The van der Waals surface area contributed by atoms with Crippen LogP contribution in [0.1, 0.15) is 64.7 Å². The summed E-state index contributed by atoms with van der Waals surface area (Å²) in [5.74, 6) is 0.257. The molecule has 1 amide bonds. The van der Waals surface area contributed by atoms with Crippen molar-refractivity contribution in [3.63, 3.8) is 0 Å². The summed E-state index contributed by atoms with van der Waals surface area (Å²) in [5.41, 5.74) is -1.56. The number of nitrogens with zero attached hydrogens (tertiary/aromatic N) is 2. The lowest BCUT2D eigenvalue weighted by molar-refractivity contribution is -0.179. The Morgan fingerprint density at radius 1 is 1.11 bits per heavy atom. The molecule has 2 aliphatic heterocycles. The average Bonchev–Trinajstić information content (AvgIpc) is 3.80. The number of likely N-dealkylation sites (tertiary alicyclic amines) is 1. The van der Waals surface area contributed by atoms with Gasteiger partial charge in [0.2, 0.25) is 10.0 Å². The monoisotopic (exact) mass is 550 g/mol. The van der Waals surface area contributed by atoms with Crippen molar-refractivity contribution >= 4 is 27.7 Å². The van der Waals surface area contributed by atoms with Gasteiger partial charge in [0.05, 0.1) is 35.8 Å². The van der Waals surface area contributed by atoms with Crippen molar-refractivity contribution in [3.8, 4) is 0 Å². The Morgan fingerprint density at radius 3 is 2.43 bits per heavy atom. The molecule has 1 aromatic rings. The van der Waals surface area contributed by atoms with Crippen LogP contribution in [0, 0.1) is 11.3 Å². The number of carbonyl (C=O) groups excluding carboxylic acids is 1. The fourth-order valence-corrected chi connectivity index (χ4v) is 9.90. The fraction of sp³-hybridized carbons (Fsp3) is 0.741. The van der Waals surface area contributed by atoms with E-state index in [4.69, 9.17) is 21.1 Å². The molecule has 0 radical (unpaired) electrons. The van der Waals surface area contributed by atoms with E-state index in [1.165, 1.54) is 0 Å². The number of hydrogen-bond acceptors (Lipinski definition) is 6. The van der Waals surface area contributed by atoms with Crippen LogP contribution in [0.4, 0.5) is 4.79 Å². The van der Waals surface area contributed by atoms with E-state index >= 15 is 0 Å². The van der Waals surface area contributed by atoms with Crippen LogP contribution in [0.5, 0.6) is 0 Å². The van der Waals surface area contributed by atoms with E-state index in [1.54, 1.807) is 28.6 Å². The van der Waals surface area contributed by atoms with Gasteiger partial charge < -0.3 is 19.5 Å². The number of sulfonamides is 1. The summed E-state index contributed by atoms with van der Waals surface area (Å²) in [6, 6.07) is 5.57. The molecule has 202 valence electrons. The second-order valence-electron chi connectivity index (χ2n) is 12.3. The summed E-state index contributed by atoms with van der Waals surface area (Å²) in [5, 5.41) is 11.5. The van der Waals surface area contributed by atoms with E-state index in [1.807, 2.05) is 11.8 Å². The molecule has 2 heterocycles. The molecule has 6 aliphatic rings. The largest absolute Gasteiger partial charge is 0.441 e. The maximum Gasteiger partial charge on any atom is 0.410 e. The van der Waals surface area contributed by atoms with Crippen LogP contribution in [0.2, 0.25) is 5.02 Å². The third kappa shape index (κ3) is 3.56. The van der Waals surface area contributed by atoms with Gasteiger partial charge >= 0.3 is 6.09 Å². The number of piperidine rings is 1. The normalized spacial score (nSPS) is 40.2. The number of benzene rings is 1. The van der Waals surface area contributed by atoms with Crippen molar-refractivity contribution in [1.82, 2.24) is 9.21 Å². The smallest absolute Gasteiger partial charge is 0.410 e. The molecule has 1 spiro atoms. The lowest BCUT2D eigenvalue weighted by atomic mass is 9.53. The van der Waals surface area contributed by atoms with Crippen LogP contribution in [-0.2, 0) is 19.5 Å². The van der Waals surface area contributed by atoms with Crippen molar-refractivity contribution in [1.29, 1.82) is 0 Å². The maximum absolute atomic E-state index is 14.0. The van der Waals surface area contributed by atoms with E-state index in [0.29, 0.717) is 37.3 Å². The van der Waals surface area contributed by atoms with Gasteiger partial charge in [-0.3, -0.25) is 0 Å². The molecule has 4 aliphatic carbocycles. The molecule has 7 rings (SSSR count). The molecule has 4 unspecified atom stereocenters. The molecular weight excluding hydrogens is 516 g/mol. The summed E-state index contributed by atoms with van der Waals surface area (Å²) >= 11 is 6.04. The van der Waals surface area contributed by atoms with Gasteiger partial charge in [-0.1, -0.05) is 18.5 Å². The van der Waals surface area contributed by atoms with Gasteiger partial charge in [0.1, 0.15) is 5.60 Å². The number of rotatable bonds is 6. The van der Waals surface area contributed by atoms with Crippen molar-refractivity contribution in [2.24, 2.45) is 11.3 Å². The zero-order valence-corrected chi connectivity index (χ0v) is 22.7. The predicted octanol–water partition coefficient (Wildman–Crippen LogP) is 3.95. The molecule has 10 heteroatoms. The highest BCUT2D eigenvalue weighted by atomic mass is 35.5. The van der Waals surface area contributed by atoms with Gasteiger partial charge in [-0.05, 0) is 88.0 Å². The van der Waals surface area contributed by atoms with Crippen molar-refractivity contribution in [2.75, 3.05) is 13.2 Å². The highest BCUT2D eigenvalue weighted by molar-refractivity contribution is 7.89. The summed E-state index contributed by atoms with van der Waals surface area (Å²) in [4.78, 5) is 15.7. The number of morpholine rings is 1. The molecular formula is C27H35ClN2O6S. The maximum atomic E-state index is 14.0. The number of aliphatic hydroxyl groups is 1. The Labute approximate surface area is 223 Å². The lowest BCUT2D eigenvalue weighted by Crippen LogP contribution is -2.76. The Balaban J connectivity index is 1.16. The van der Waals surface area contributed by atoms with Crippen LogP contribution in [0.25, 0.3) is 0 Å². The Kier molecular flexibility index (Phi) is 5.37. The highest BCUT2D eigenvalue weighted by Crippen LogP contribution is 2.68. The first-order chi connectivity index (χ1) is 17.6. The predicted molar refractivity (Wildman–Crippen MR) is 136 cm³/mol. The van der Waals surface area contributed by atoms with Crippen LogP contribution < -0.4 is 0 Å². The summed E-state index contributed by atoms with van der Waals surface area (Å²) in [7, 11) is -3.86. The summed E-state index contributed by atoms with van der Waals surface area (Å²) < 4.78 is 41.9. The second-order valence-corrected chi connectivity index (χ2v) is 14.6. The van der Waals surface area contributed by atoms with Crippen LogP contribution in [-0.4, -0.2) is 77.4 Å². The highest BCUT2D eigenvalue weighted by Gasteiger charge is 2.74. The quantitative estimate of drug-likeness (QED) is 0.576. The van der Waals surface area contributed by atoms with Crippen molar-refractivity contribution in [2.45, 2.75) is 105 Å². The Bertz CT molecular complexity index is 1220. The molecule has 0 aromatic heterocycles. The van der Waals surface area contributed by atoms with Crippen LogP contribution >= 0.6 is 11.6 Å². The Morgan fingerprint density at radius 2 is 1.84 bits per heavy atom. The molecule has 6 atom stereocenters. The molecule has 37 heavy (non-hydrogen) atoms. The SMILES string of the molecule is CCC1(O)CC2N(C(=O)OC3([C@H]4COC[C@@H](C5CC5)N4S(=O)(=O)c4ccc(Cl)cc4)CC3)C3CCC32C1. The fourth-order valence-electron chi connectivity index (χ4n) is 7.87. The van der Waals surface area contributed by atoms with Gasteiger partial charge in [0.25, 0.3) is 0 Å². The third-order valence-electron chi connectivity index (χ3n) is 10.4. The molecule has 2 saturated heterocycles. The lowest BCUT2D eigenvalue weighted by Gasteiger charge is -2.67. The van der Waals surface area contributed by atoms with E-state index in [9.17, 15) is 18.3 Å². The van der Waals surface area contributed by atoms with Crippen molar-refractivity contribution < 1.29 is 27.8 Å². The third-order valence-corrected chi connectivity index (χ3v) is 12.6. The number of hydrogen-bond donors (Lipinski definition) is 1. The second kappa shape index (κ2) is 8.07. The van der Waals surface area contributed by atoms with Crippen molar-refractivity contribution in [3.05, 3.63) is 29.3 Å². The zero-order valence-electron chi connectivity index (χ0n) is 21.1. The van der Waals surface area contributed by atoms with E-state index in [2.05, 4.69) is 0 Å². The molecule has 1 aromatic carbocycles. The average molecular weight is 551 g/mol. The number of amides is 1. The number of ether oxygens (including phenoxy) is 2. The molecule has 6 fully saturated rings. The summed E-state index contributed by atoms with van der Waals surface area (Å²) in [6.45, 7) is 2.56. The number of halogens is 1. The topological polar surface area (TPSA) is 96.4 Å². The van der Waals surface area contributed by atoms with Gasteiger partial charge in [-0.2, -0.15) is 4.31 Å². The Hall–Kier alpha value is -1.39. The van der Waals surface area contributed by atoms with Gasteiger partial charge in [0, 0.05) is 22.5 Å². The molecule has 8 nitrogen and oxygen atoms in total. The molecule has 0 bridgehead atoms. The minimum atomic E-state index is -3.86. The molecule has 4 saturated carbocycles. The van der Waals surface area contributed by atoms with E-state index < -0.39 is 27.3 Å². The number of carbonyl (C=O) groups is 1. The van der Waals surface area contributed by atoms with Crippen LogP contribution in [0.3, 0.4) is 0 Å². The van der Waals surface area contributed by atoms with Gasteiger partial charge in [-0.25, -0.2) is 13.2 Å². The minimum Gasteiger partial charge on any atom is -0.441 e. The van der Waals surface area contributed by atoms with Crippen LogP contribution in [0.15, 0.2) is 29.2 Å². The first-order valence-corrected chi connectivity index (χ1v) is 15.5.